The summed E-state index contributed by atoms with van der Waals surface area (Å²) in [4.78, 5) is 14.8. The number of Topliss-reactive ketones (excluding diaryl/α,β-unsaturated/α-hetero) is 1. The van der Waals surface area contributed by atoms with E-state index in [-0.39, 0.29) is 5.78 Å². The van der Waals surface area contributed by atoms with Crippen molar-refractivity contribution in [3.63, 3.8) is 0 Å². The molecule has 0 atom stereocenters. The zero-order valence-electron chi connectivity index (χ0n) is 5.41. The maximum atomic E-state index is 11.0. The summed E-state index contributed by atoms with van der Waals surface area (Å²) in [7, 11) is 0. The lowest BCUT2D eigenvalue weighted by atomic mass is 10.2. The van der Waals surface area contributed by atoms with Crippen LogP contribution in [0, 0.1) is 0 Å². The van der Waals surface area contributed by atoms with Gasteiger partial charge in [0.2, 0.25) is 0 Å². The van der Waals surface area contributed by atoms with Gasteiger partial charge in [-0.05, 0) is 0 Å². The third-order valence-electron chi connectivity index (χ3n) is 1.05. The molecule has 0 bridgehead atoms. The molecule has 2 nitrogen and oxygen atoms in total. The molecule has 0 unspecified atom stereocenters. The number of ketones is 1. The van der Waals surface area contributed by atoms with Crippen LogP contribution in [-0.2, 0) is 0 Å². The van der Waals surface area contributed by atoms with Crippen LogP contribution in [0.15, 0.2) is 23.5 Å². The minimum Gasteiger partial charge on any atom is -0.292 e. The molecule has 0 fully saturated rings. The average Bonchev–Trinajstić information content (AvgIpc) is 2.38. The molecule has 0 N–H and O–H groups in total. The first kappa shape index (κ1) is 7.15. The van der Waals surface area contributed by atoms with E-state index in [2.05, 4.69) is 11.6 Å². The number of hydrogen-bond donors (Lipinski definition) is 0. The van der Waals surface area contributed by atoms with E-state index in [0.717, 1.165) is 0 Å². The third-order valence-corrected chi connectivity index (χ3v) is 1.63. The molecule has 0 spiro atoms. The molecule has 1 aromatic heterocycles. The molecular formula is C7H7NOS. The molecule has 1 aromatic rings. The van der Waals surface area contributed by atoms with Gasteiger partial charge >= 0.3 is 0 Å². The first-order valence-electron chi connectivity index (χ1n) is 2.87. The standard InChI is InChI=1S/C7H7NOS/c1-2-3-7(9)6-4-10-5-8-6/h2,4-5H,1,3H2. The number of carbonyl (C=O) groups is 1. The van der Waals surface area contributed by atoms with E-state index < -0.39 is 0 Å². The smallest absolute Gasteiger partial charge is 0.185 e. The summed E-state index contributed by atoms with van der Waals surface area (Å²) in [5.41, 5.74) is 2.20. The molecule has 1 heterocycles. The Kier molecular flexibility index (Phi) is 2.34. The Morgan fingerprint density at radius 2 is 2.70 bits per heavy atom. The normalized spacial score (nSPS) is 9.20. The molecule has 0 radical (unpaired) electrons. The predicted molar refractivity (Wildman–Crippen MR) is 41.3 cm³/mol. The van der Waals surface area contributed by atoms with Crippen LogP contribution in [0.4, 0.5) is 0 Å². The summed E-state index contributed by atoms with van der Waals surface area (Å²) in [6.07, 6.45) is 1.96. The predicted octanol–water partition coefficient (Wildman–Crippen LogP) is 1.90. The van der Waals surface area contributed by atoms with Gasteiger partial charge in [-0.15, -0.1) is 17.9 Å². The Balaban J connectivity index is 2.68. The maximum Gasteiger partial charge on any atom is 0.185 e. The van der Waals surface area contributed by atoms with Crippen LogP contribution < -0.4 is 0 Å². The topological polar surface area (TPSA) is 30.0 Å². The van der Waals surface area contributed by atoms with Crippen molar-refractivity contribution in [1.82, 2.24) is 4.98 Å². The molecule has 3 heteroatoms. The van der Waals surface area contributed by atoms with Gasteiger partial charge in [0.05, 0.1) is 5.51 Å². The van der Waals surface area contributed by atoms with E-state index in [1.54, 1.807) is 17.0 Å². The van der Waals surface area contributed by atoms with Gasteiger partial charge in [-0.1, -0.05) is 6.08 Å². The largest absolute Gasteiger partial charge is 0.292 e. The summed E-state index contributed by atoms with van der Waals surface area (Å²) in [5, 5.41) is 1.74. The Bertz CT molecular complexity index is 228. The van der Waals surface area contributed by atoms with Gasteiger partial charge in [0, 0.05) is 11.8 Å². The molecule has 0 saturated heterocycles. The zero-order valence-corrected chi connectivity index (χ0v) is 6.23. The summed E-state index contributed by atoms with van der Waals surface area (Å²) in [5.74, 6) is 0.0382. The highest BCUT2D eigenvalue weighted by atomic mass is 32.1. The molecule has 0 amide bonds. The summed E-state index contributed by atoms with van der Waals surface area (Å²) in [6, 6.07) is 0. The van der Waals surface area contributed by atoms with Crippen molar-refractivity contribution in [2.45, 2.75) is 6.42 Å². The van der Waals surface area contributed by atoms with Crippen molar-refractivity contribution in [3.05, 3.63) is 29.2 Å². The molecular weight excluding hydrogens is 146 g/mol. The fourth-order valence-corrected chi connectivity index (χ4v) is 1.14. The molecule has 0 aliphatic rings. The molecule has 1 rings (SSSR count). The van der Waals surface area contributed by atoms with Gasteiger partial charge in [0.15, 0.2) is 5.78 Å². The number of allylic oxidation sites excluding steroid dienone is 1. The SMILES string of the molecule is C=CCC(=O)c1cscn1. The van der Waals surface area contributed by atoms with Crippen LogP contribution in [0.3, 0.4) is 0 Å². The molecule has 52 valence electrons. The summed E-state index contributed by atoms with van der Waals surface area (Å²) < 4.78 is 0. The second-order valence-electron chi connectivity index (χ2n) is 1.79. The first-order chi connectivity index (χ1) is 4.84. The second-order valence-corrected chi connectivity index (χ2v) is 2.51. The summed E-state index contributed by atoms with van der Waals surface area (Å²) in [6.45, 7) is 3.47. The minimum atomic E-state index is 0.0382. The molecule has 10 heavy (non-hydrogen) atoms. The van der Waals surface area contributed by atoms with Crippen LogP contribution >= 0.6 is 11.3 Å². The van der Waals surface area contributed by atoms with Gasteiger partial charge in [0.1, 0.15) is 5.69 Å². The van der Waals surface area contributed by atoms with Crippen molar-refractivity contribution in [2.24, 2.45) is 0 Å². The number of thiazole rings is 1. The molecule has 0 aliphatic carbocycles. The molecule has 0 saturated carbocycles. The quantitative estimate of drug-likeness (QED) is 0.490. The Labute approximate surface area is 63.2 Å². The van der Waals surface area contributed by atoms with Gasteiger partial charge in [-0.2, -0.15) is 0 Å². The Morgan fingerprint density at radius 1 is 1.90 bits per heavy atom. The highest BCUT2D eigenvalue weighted by molar-refractivity contribution is 7.07. The summed E-state index contributed by atoms with van der Waals surface area (Å²) >= 11 is 1.43. The number of carbonyl (C=O) groups excluding carboxylic acids is 1. The van der Waals surface area contributed by atoms with Gasteiger partial charge < -0.3 is 0 Å². The van der Waals surface area contributed by atoms with E-state index in [9.17, 15) is 4.79 Å². The van der Waals surface area contributed by atoms with E-state index in [0.29, 0.717) is 12.1 Å². The van der Waals surface area contributed by atoms with Gasteiger partial charge in [0.25, 0.3) is 0 Å². The van der Waals surface area contributed by atoms with Crippen LogP contribution in [0.2, 0.25) is 0 Å². The van der Waals surface area contributed by atoms with E-state index in [4.69, 9.17) is 0 Å². The number of hydrogen-bond acceptors (Lipinski definition) is 3. The Hall–Kier alpha value is -0.960. The second kappa shape index (κ2) is 3.27. The lowest BCUT2D eigenvalue weighted by molar-refractivity contribution is 0.0992. The van der Waals surface area contributed by atoms with Crippen LogP contribution in [0.5, 0.6) is 0 Å². The van der Waals surface area contributed by atoms with Crippen LogP contribution in [-0.4, -0.2) is 10.8 Å². The lowest BCUT2D eigenvalue weighted by Gasteiger charge is -1.86. The van der Waals surface area contributed by atoms with Crippen molar-refractivity contribution in [3.8, 4) is 0 Å². The third kappa shape index (κ3) is 1.51. The highest BCUT2D eigenvalue weighted by Crippen LogP contribution is 2.03. The first-order valence-corrected chi connectivity index (χ1v) is 3.81. The zero-order chi connectivity index (χ0) is 7.40. The van der Waals surface area contributed by atoms with Crippen molar-refractivity contribution >= 4 is 17.1 Å². The van der Waals surface area contributed by atoms with E-state index >= 15 is 0 Å². The van der Waals surface area contributed by atoms with E-state index in [1.807, 2.05) is 0 Å². The van der Waals surface area contributed by atoms with Crippen LogP contribution in [0.1, 0.15) is 16.9 Å². The van der Waals surface area contributed by atoms with Crippen LogP contribution in [0.25, 0.3) is 0 Å². The average molecular weight is 153 g/mol. The highest BCUT2D eigenvalue weighted by Gasteiger charge is 2.03. The number of rotatable bonds is 3. The van der Waals surface area contributed by atoms with Gasteiger partial charge in [-0.25, -0.2) is 4.98 Å². The van der Waals surface area contributed by atoms with Gasteiger partial charge in [-0.3, -0.25) is 4.79 Å². The lowest BCUT2D eigenvalue weighted by Crippen LogP contribution is -1.95. The number of aromatic nitrogens is 1. The number of nitrogens with zero attached hydrogens (tertiary/aromatic N) is 1. The molecule has 0 aromatic carbocycles. The fourth-order valence-electron chi connectivity index (χ4n) is 0.586. The van der Waals surface area contributed by atoms with E-state index in [1.165, 1.54) is 11.3 Å². The van der Waals surface area contributed by atoms with Crippen molar-refractivity contribution < 1.29 is 4.79 Å². The minimum absolute atomic E-state index is 0.0382. The van der Waals surface area contributed by atoms with Crippen molar-refractivity contribution in [1.29, 1.82) is 0 Å². The maximum absolute atomic E-state index is 11.0. The molecule has 0 aliphatic heterocycles. The Morgan fingerprint density at radius 3 is 3.20 bits per heavy atom. The van der Waals surface area contributed by atoms with Crippen molar-refractivity contribution in [2.75, 3.05) is 0 Å². The monoisotopic (exact) mass is 153 g/mol. The fraction of sp³-hybridized carbons (Fsp3) is 0.143.